The van der Waals surface area contributed by atoms with E-state index < -0.39 is 14.9 Å². The van der Waals surface area contributed by atoms with Gasteiger partial charge in [-0.25, -0.2) is 13.1 Å². The fourth-order valence-corrected chi connectivity index (χ4v) is 4.85. The van der Waals surface area contributed by atoms with Crippen molar-refractivity contribution in [3.05, 3.63) is 64.2 Å². The van der Waals surface area contributed by atoms with Crippen molar-refractivity contribution < 1.29 is 27.6 Å². The smallest absolute Gasteiger partial charge is 0.309 e. The van der Waals surface area contributed by atoms with Gasteiger partial charge in [0.05, 0.1) is 23.3 Å². The Morgan fingerprint density at radius 2 is 1.76 bits per heavy atom. The lowest BCUT2D eigenvalue weighted by Crippen LogP contribution is -2.45. The number of hydrogen-bond acceptors (Lipinski definition) is 8. The van der Waals surface area contributed by atoms with E-state index in [4.69, 9.17) is 4.74 Å². The van der Waals surface area contributed by atoms with Crippen LogP contribution < -0.4 is 9.46 Å². The fraction of sp³-hybridized carbons (Fsp3) is 0.409. The highest BCUT2D eigenvalue weighted by atomic mass is 32.2. The van der Waals surface area contributed by atoms with Gasteiger partial charge in [-0.1, -0.05) is 12.1 Å². The van der Waals surface area contributed by atoms with Crippen molar-refractivity contribution in [1.82, 2.24) is 9.62 Å². The van der Waals surface area contributed by atoms with Gasteiger partial charge in [-0.15, -0.1) is 0 Å². The van der Waals surface area contributed by atoms with Crippen LogP contribution in [0.1, 0.15) is 18.4 Å². The summed E-state index contributed by atoms with van der Waals surface area (Å²) in [7, 11) is -2.37. The summed E-state index contributed by atoms with van der Waals surface area (Å²) in [4.78, 5) is 23.7. The summed E-state index contributed by atoms with van der Waals surface area (Å²) in [6.07, 6.45) is 1.54. The Labute approximate surface area is 192 Å². The molecule has 0 radical (unpaired) electrons. The second-order valence-electron chi connectivity index (χ2n) is 7.73. The quantitative estimate of drug-likeness (QED) is 0.313. The van der Waals surface area contributed by atoms with Crippen molar-refractivity contribution in [3.63, 3.8) is 0 Å². The monoisotopic (exact) mass is 477 g/mol. The third-order valence-electron chi connectivity index (χ3n) is 5.44. The Hall–Kier alpha value is -3.02. The number of carbonyl (C=O) groups is 1. The number of likely N-dealkylation sites (tertiary alicyclic amines) is 1. The summed E-state index contributed by atoms with van der Waals surface area (Å²) in [5.74, 6) is 0.427. The van der Waals surface area contributed by atoms with E-state index in [1.54, 1.807) is 0 Å². The number of carbonyl (C=O) groups excluding carboxylic acids is 1. The maximum atomic E-state index is 12.6. The number of sulfonamides is 1. The molecule has 1 N–H and O–H groups in total. The molecule has 0 bridgehead atoms. The zero-order valence-electron chi connectivity index (χ0n) is 18.3. The van der Waals surface area contributed by atoms with Gasteiger partial charge in [-0.05, 0) is 55.8 Å². The van der Waals surface area contributed by atoms with Gasteiger partial charge in [0.15, 0.2) is 0 Å². The fourth-order valence-electron chi connectivity index (χ4n) is 3.54. The lowest BCUT2D eigenvalue weighted by Gasteiger charge is -2.32. The molecule has 1 fully saturated rings. The second-order valence-corrected chi connectivity index (χ2v) is 9.45. The van der Waals surface area contributed by atoms with Gasteiger partial charge in [0, 0.05) is 24.7 Å². The number of nitro benzene ring substituents is 1. The molecule has 0 unspecified atom stereocenters. The molecule has 0 atom stereocenters. The topological polar surface area (TPSA) is 128 Å². The van der Waals surface area contributed by atoms with Crippen LogP contribution in [0.4, 0.5) is 5.69 Å². The van der Waals surface area contributed by atoms with Crippen LogP contribution in [-0.2, 0) is 26.0 Å². The number of nitrogens with one attached hydrogen (secondary N) is 1. The first-order valence-electron chi connectivity index (χ1n) is 10.5. The molecular formula is C22H27N3O7S. The van der Waals surface area contributed by atoms with Crippen LogP contribution in [-0.4, -0.2) is 63.6 Å². The highest BCUT2D eigenvalue weighted by Crippen LogP contribution is 2.18. The van der Waals surface area contributed by atoms with E-state index in [9.17, 15) is 23.3 Å². The van der Waals surface area contributed by atoms with Crippen molar-refractivity contribution >= 4 is 21.7 Å². The molecule has 0 spiro atoms. The van der Waals surface area contributed by atoms with Crippen LogP contribution in [0, 0.1) is 10.1 Å². The van der Waals surface area contributed by atoms with Crippen LogP contribution in [0.3, 0.4) is 0 Å². The maximum Gasteiger partial charge on any atom is 0.309 e. The highest BCUT2D eigenvalue weighted by molar-refractivity contribution is 7.89. The van der Waals surface area contributed by atoms with Gasteiger partial charge in [-0.2, -0.15) is 0 Å². The molecule has 33 heavy (non-hydrogen) atoms. The number of hydrogen-bond donors (Lipinski definition) is 1. The molecule has 3 rings (SSSR count). The Morgan fingerprint density at radius 3 is 2.33 bits per heavy atom. The molecule has 1 aliphatic rings. The number of nitrogens with zero attached hydrogens (tertiary/aromatic N) is 2. The minimum Gasteiger partial charge on any atom is -0.492 e. The Kier molecular flexibility index (Phi) is 8.37. The summed E-state index contributed by atoms with van der Waals surface area (Å²) in [5.41, 5.74) is 0.703. The Bertz CT molecular complexity index is 1050. The average Bonchev–Trinajstić information content (AvgIpc) is 2.81. The van der Waals surface area contributed by atoms with E-state index in [0.29, 0.717) is 31.7 Å². The SMILES string of the molecule is COC(=O)Cc1ccc(OCCN2CCC(NS(=O)(=O)c3ccc([N+](=O)[O-])cc3)CC2)cc1. The molecule has 2 aromatic carbocycles. The summed E-state index contributed by atoms with van der Waals surface area (Å²) >= 11 is 0. The number of piperidine rings is 1. The molecular weight excluding hydrogens is 450 g/mol. The minimum absolute atomic E-state index is 0.0153. The molecule has 1 aliphatic heterocycles. The predicted octanol–water partition coefficient (Wildman–Crippen LogP) is 2.13. The van der Waals surface area contributed by atoms with Crippen molar-refractivity contribution in [2.75, 3.05) is 33.4 Å². The van der Waals surface area contributed by atoms with Crippen molar-refractivity contribution in [1.29, 1.82) is 0 Å². The molecule has 0 aromatic heterocycles. The molecule has 2 aromatic rings. The van der Waals surface area contributed by atoms with E-state index >= 15 is 0 Å². The first kappa shape index (κ1) is 24.6. The number of benzene rings is 2. The molecule has 0 amide bonds. The van der Waals surface area contributed by atoms with Gasteiger partial charge < -0.3 is 9.47 Å². The summed E-state index contributed by atoms with van der Waals surface area (Å²) in [6, 6.07) is 12.0. The first-order chi connectivity index (χ1) is 15.8. The van der Waals surface area contributed by atoms with Gasteiger partial charge in [0.2, 0.25) is 10.0 Å². The van der Waals surface area contributed by atoms with Crippen LogP contribution in [0.2, 0.25) is 0 Å². The third-order valence-corrected chi connectivity index (χ3v) is 6.98. The zero-order valence-corrected chi connectivity index (χ0v) is 19.1. The number of methoxy groups -OCH3 is 1. The molecule has 1 saturated heterocycles. The average molecular weight is 478 g/mol. The third kappa shape index (κ3) is 7.24. The van der Waals surface area contributed by atoms with Crippen LogP contribution >= 0.6 is 0 Å². The Balaban J connectivity index is 1.40. The number of ether oxygens (including phenoxy) is 2. The summed E-state index contributed by atoms with van der Waals surface area (Å²) in [6.45, 7) is 2.67. The van der Waals surface area contributed by atoms with Crippen molar-refractivity contribution in [3.8, 4) is 5.75 Å². The molecule has 0 aliphatic carbocycles. The van der Waals surface area contributed by atoms with Gasteiger partial charge >= 0.3 is 5.97 Å². The number of non-ortho nitro benzene ring substituents is 1. The molecule has 178 valence electrons. The standard InChI is InChI=1S/C22H27N3O7S/c1-31-22(26)16-17-2-6-20(7-3-17)32-15-14-24-12-10-18(11-13-24)23-33(29,30)21-8-4-19(5-9-21)25(27)28/h2-9,18,23H,10-16H2,1H3. The van der Waals surface area contributed by atoms with E-state index in [-0.39, 0.29) is 29.0 Å². The molecule has 11 heteroatoms. The molecule has 0 saturated carbocycles. The molecule has 1 heterocycles. The van der Waals surface area contributed by atoms with E-state index in [2.05, 4.69) is 14.4 Å². The van der Waals surface area contributed by atoms with Gasteiger partial charge in [0.25, 0.3) is 5.69 Å². The first-order valence-corrected chi connectivity index (χ1v) is 12.0. The predicted molar refractivity (Wildman–Crippen MR) is 121 cm³/mol. The summed E-state index contributed by atoms with van der Waals surface area (Å²) < 4.78 is 38.2. The van der Waals surface area contributed by atoms with Crippen molar-refractivity contribution in [2.45, 2.75) is 30.2 Å². The van der Waals surface area contributed by atoms with Crippen LogP contribution in [0.15, 0.2) is 53.4 Å². The van der Waals surface area contributed by atoms with Gasteiger partial charge in [-0.3, -0.25) is 19.8 Å². The molecule has 10 nitrogen and oxygen atoms in total. The largest absolute Gasteiger partial charge is 0.492 e. The van der Waals surface area contributed by atoms with E-state index in [1.807, 2.05) is 24.3 Å². The van der Waals surface area contributed by atoms with E-state index in [1.165, 1.54) is 31.4 Å². The summed E-state index contributed by atoms with van der Waals surface area (Å²) in [5, 5.41) is 10.7. The second kappa shape index (κ2) is 11.2. The van der Waals surface area contributed by atoms with Gasteiger partial charge in [0.1, 0.15) is 12.4 Å². The number of nitro groups is 1. The number of esters is 1. The maximum absolute atomic E-state index is 12.6. The lowest BCUT2D eigenvalue weighted by atomic mass is 10.1. The zero-order chi connectivity index (χ0) is 23.8. The van der Waals surface area contributed by atoms with Crippen molar-refractivity contribution in [2.24, 2.45) is 0 Å². The minimum atomic E-state index is -3.73. The lowest BCUT2D eigenvalue weighted by molar-refractivity contribution is -0.384. The van der Waals surface area contributed by atoms with Crippen LogP contribution in [0.5, 0.6) is 5.75 Å². The Morgan fingerprint density at radius 1 is 1.12 bits per heavy atom. The van der Waals surface area contributed by atoms with E-state index in [0.717, 1.165) is 18.7 Å². The highest BCUT2D eigenvalue weighted by Gasteiger charge is 2.25. The van der Waals surface area contributed by atoms with Crippen LogP contribution in [0.25, 0.3) is 0 Å². The normalized spacial score (nSPS) is 15.2. The number of rotatable bonds is 10.